The van der Waals surface area contributed by atoms with Gasteiger partial charge in [0.2, 0.25) is 0 Å². The summed E-state index contributed by atoms with van der Waals surface area (Å²) in [5, 5.41) is 25.5. The first-order chi connectivity index (χ1) is 8.70. The molecular formula is C12H8N4O2. The van der Waals surface area contributed by atoms with Crippen molar-refractivity contribution in [2.24, 2.45) is 0 Å². The standard InChI is InChI=1S/C12H8N4O2/c13-8-11-10(6-7-12(17)18)14-16(15-11)9-4-2-1-3-5-9/h1-7H,(H,17,18). The number of nitriles is 1. The smallest absolute Gasteiger partial charge is 0.328 e. The van der Waals surface area contributed by atoms with Crippen LogP contribution in [0.5, 0.6) is 0 Å². The molecule has 0 aliphatic carbocycles. The van der Waals surface area contributed by atoms with Gasteiger partial charge in [-0.2, -0.15) is 5.26 Å². The lowest BCUT2D eigenvalue weighted by atomic mass is 10.3. The summed E-state index contributed by atoms with van der Waals surface area (Å²) in [6.45, 7) is 0. The minimum atomic E-state index is -1.10. The second kappa shape index (κ2) is 4.93. The number of nitrogens with zero attached hydrogens (tertiary/aromatic N) is 4. The topological polar surface area (TPSA) is 91.8 Å². The molecule has 1 aromatic carbocycles. The van der Waals surface area contributed by atoms with Gasteiger partial charge in [-0.25, -0.2) is 4.79 Å². The highest BCUT2D eigenvalue weighted by Crippen LogP contribution is 2.09. The van der Waals surface area contributed by atoms with Crippen LogP contribution >= 0.6 is 0 Å². The highest BCUT2D eigenvalue weighted by atomic mass is 16.4. The normalized spacial score (nSPS) is 10.4. The van der Waals surface area contributed by atoms with Crippen LogP contribution in [-0.2, 0) is 4.79 Å². The number of para-hydroxylation sites is 1. The Kier molecular flexibility index (Phi) is 3.16. The van der Waals surface area contributed by atoms with Crippen molar-refractivity contribution < 1.29 is 9.90 Å². The lowest BCUT2D eigenvalue weighted by molar-refractivity contribution is -0.131. The highest BCUT2D eigenvalue weighted by Gasteiger charge is 2.09. The molecular weight excluding hydrogens is 232 g/mol. The van der Waals surface area contributed by atoms with Crippen LogP contribution in [0.4, 0.5) is 0 Å². The molecule has 0 fully saturated rings. The van der Waals surface area contributed by atoms with Crippen LogP contribution < -0.4 is 0 Å². The minimum absolute atomic E-state index is 0.0800. The Labute approximate surface area is 102 Å². The summed E-state index contributed by atoms with van der Waals surface area (Å²) >= 11 is 0. The van der Waals surface area contributed by atoms with Gasteiger partial charge in [0.15, 0.2) is 5.69 Å². The maximum Gasteiger partial charge on any atom is 0.328 e. The molecule has 0 atom stereocenters. The van der Waals surface area contributed by atoms with E-state index >= 15 is 0 Å². The van der Waals surface area contributed by atoms with Crippen LogP contribution in [0, 0.1) is 11.3 Å². The molecule has 18 heavy (non-hydrogen) atoms. The van der Waals surface area contributed by atoms with E-state index in [0.29, 0.717) is 5.69 Å². The summed E-state index contributed by atoms with van der Waals surface area (Å²) in [6.07, 6.45) is 2.16. The minimum Gasteiger partial charge on any atom is -0.478 e. The Bertz CT molecular complexity index is 638. The van der Waals surface area contributed by atoms with Crippen LogP contribution in [0.2, 0.25) is 0 Å². The van der Waals surface area contributed by atoms with Crippen molar-refractivity contribution in [1.82, 2.24) is 15.0 Å². The van der Waals surface area contributed by atoms with E-state index in [9.17, 15) is 4.79 Å². The number of benzene rings is 1. The zero-order valence-electron chi connectivity index (χ0n) is 9.19. The Balaban J connectivity index is 2.42. The van der Waals surface area contributed by atoms with Gasteiger partial charge in [0.1, 0.15) is 11.8 Å². The molecule has 0 aliphatic rings. The molecule has 0 spiro atoms. The fourth-order valence-corrected chi connectivity index (χ4v) is 1.34. The molecule has 0 amide bonds. The van der Waals surface area contributed by atoms with E-state index in [4.69, 9.17) is 10.4 Å². The van der Waals surface area contributed by atoms with Crippen molar-refractivity contribution in [2.45, 2.75) is 0 Å². The van der Waals surface area contributed by atoms with E-state index in [1.165, 1.54) is 10.9 Å². The number of carboxylic acid groups (broad SMARTS) is 1. The zero-order valence-corrected chi connectivity index (χ0v) is 9.19. The lowest BCUT2D eigenvalue weighted by Gasteiger charge is -1.96. The van der Waals surface area contributed by atoms with Gasteiger partial charge in [0, 0.05) is 6.08 Å². The van der Waals surface area contributed by atoms with Crippen molar-refractivity contribution in [3.05, 3.63) is 47.8 Å². The first kappa shape index (κ1) is 11.5. The molecule has 88 valence electrons. The fraction of sp³-hybridized carbons (Fsp3) is 0. The highest BCUT2D eigenvalue weighted by molar-refractivity contribution is 5.85. The van der Waals surface area contributed by atoms with Gasteiger partial charge in [-0.1, -0.05) is 18.2 Å². The molecule has 1 heterocycles. The summed E-state index contributed by atoms with van der Waals surface area (Å²) in [7, 11) is 0. The fourth-order valence-electron chi connectivity index (χ4n) is 1.34. The number of carbonyl (C=O) groups is 1. The molecule has 0 saturated heterocycles. The third-order valence-corrected chi connectivity index (χ3v) is 2.12. The average molecular weight is 240 g/mol. The number of hydrogen-bond donors (Lipinski definition) is 1. The Morgan fingerprint density at radius 2 is 2.06 bits per heavy atom. The molecule has 2 rings (SSSR count). The third kappa shape index (κ3) is 2.41. The molecule has 0 aliphatic heterocycles. The second-order valence-electron chi connectivity index (χ2n) is 3.34. The van der Waals surface area contributed by atoms with E-state index in [0.717, 1.165) is 6.08 Å². The number of aromatic nitrogens is 3. The molecule has 1 aromatic heterocycles. The maximum absolute atomic E-state index is 10.4. The van der Waals surface area contributed by atoms with Crippen LogP contribution in [0.15, 0.2) is 36.4 Å². The molecule has 0 saturated carbocycles. The predicted octanol–water partition coefficient (Wildman–Crippen LogP) is 1.24. The van der Waals surface area contributed by atoms with E-state index in [1.54, 1.807) is 12.1 Å². The molecule has 2 aromatic rings. The summed E-state index contributed by atoms with van der Waals surface area (Å²) in [5.74, 6) is -1.10. The van der Waals surface area contributed by atoms with Crippen molar-refractivity contribution in [3.63, 3.8) is 0 Å². The molecule has 6 nitrogen and oxygen atoms in total. The van der Waals surface area contributed by atoms with Crippen LogP contribution in [-0.4, -0.2) is 26.1 Å². The van der Waals surface area contributed by atoms with E-state index in [1.807, 2.05) is 24.3 Å². The number of rotatable bonds is 3. The van der Waals surface area contributed by atoms with Gasteiger partial charge in [-0.15, -0.1) is 15.0 Å². The maximum atomic E-state index is 10.4. The van der Waals surface area contributed by atoms with Gasteiger partial charge in [-0.3, -0.25) is 0 Å². The second-order valence-corrected chi connectivity index (χ2v) is 3.34. The number of carboxylic acids is 1. The first-order valence-electron chi connectivity index (χ1n) is 5.04. The van der Waals surface area contributed by atoms with Gasteiger partial charge in [0.05, 0.1) is 5.69 Å². The molecule has 1 N–H and O–H groups in total. The molecule has 0 bridgehead atoms. The Morgan fingerprint density at radius 3 is 2.67 bits per heavy atom. The quantitative estimate of drug-likeness (QED) is 0.815. The summed E-state index contributed by atoms with van der Waals surface area (Å²) in [5.41, 5.74) is 1.00. The number of aliphatic carboxylic acids is 1. The van der Waals surface area contributed by atoms with Crippen molar-refractivity contribution >= 4 is 12.0 Å². The molecule has 0 unspecified atom stereocenters. The van der Waals surface area contributed by atoms with Crippen LogP contribution in [0.25, 0.3) is 11.8 Å². The summed E-state index contributed by atoms with van der Waals surface area (Å²) < 4.78 is 0. The number of hydrogen-bond acceptors (Lipinski definition) is 4. The largest absolute Gasteiger partial charge is 0.478 e. The monoisotopic (exact) mass is 240 g/mol. The van der Waals surface area contributed by atoms with E-state index < -0.39 is 5.97 Å². The third-order valence-electron chi connectivity index (χ3n) is 2.12. The van der Waals surface area contributed by atoms with Gasteiger partial charge < -0.3 is 5.11 Å². The van der Waals surface area contributed by atoms with Gasteiger partial charge >= 0.3 is 5.97 Å². The first-order valence-corrected chi connectivity index (χ1v) is 5.04. The molecule has 0 radical (unpaired) electrons. The van der Waals surface area contributed by atoms with Crippen molar-refractivity contribution in [2.75, 3.05) is 0 Å². The molecule has 6 heteroatoms. The predicted molar refractivity (Wildman–Crippen MR) is 62.7 cm³/mol. The summed E-state index contributed by atoms with van der Waals surface area (Å²) in [4.78, 5) is 11.7. The Hall–Kier alpha value is -2.94. The zero-order chi connectivity index (χ0) is 13.0. The van der Waals surface area contributed by atoms with Crippen molar-refractivity contribution in [3.8, 4) is 11.8 Å². The van der Waals surface area contributed by atoms with Crippen LogP contribution in [0.3, 0.4) is 0 Å². The van der Waals surface area contributed by atoms with Gasteiger partial charge in [0.25, 0.3) is 0 Å². The van der Waals surface area contributed by atoms with Gasteiger partial charge in [-0.05, 0) is 18.2 Å². The lowest BCUT2D eigenvalue weighted by Crippen LogP contribution is -1.98. The average Bonchev–Trinajstić information content (AvgIpc) is 2.80. The Morgan fingerprint density at radius 1 is 1.33 bits per heavy atom. The summed E-state index contributed by atoms with van der Waals surface area (Å²) in [6, 6.07) is 10.9. The van der Waals surface area contributed by atoms with E-state index in [2.05, 4.69) is 10.2 Å². The SMILES string of the molecule is N#Cc1nn(-c2ccccc2)nc1C=CC(=O)O. The van der Waals surface area contributed by atoms with E-state index in [-0.39, 0.29) is 11.4 Å². The van der Waals surface area contributed by atoms with Crippen LogP contribution in [0.1, 0.15) is 11.4 Å². The van der Waals surface area contributed by atoms with Crippen molar-refractivity contribution in [1.29, 1.82) is 5.26 Å².